The molecule has 0 saturated carbocycles. The van der Waals surface area contributed by atoms with Gasteiger partial charge in [0.05, 0.1) is 23.1 Å². The molecular formula is C18H13F3N4O3S. The summed E-state index contributed by atoms with van der Waals surface area (Å²) in [5.41, 5.74) is -0.488. The second-order valence-electron chi connectivity index (χ2n) is 5.69. The molecule has 0 unspecified atom stereocenters. The first kappa shape index (κ1) is 20.4. The van der Waals surface area contributed by atoms with Crippen LogP contribution in [-0.2, 0) is 22.3 Å². The molecule has 1 aromatic carbocycles. The van der Waals surface area contributed by atoms with E-state index in [0.29, 0.717) is 5.69 Å². The Labute approximate surface area is 166 Å². The van der Waals surface area contributed by atoms with Gasteiger partial charge in [0.1, 0.15) is 6.61 Å². The number of aromatic nitrogens is 3. The van der Waals surface area contributed by atoms with Gasteiger partial charge in [-0.15, -0.1) is 11.3 Å². The number of carbonyl (C=O) groups excluding carboxylic acids is 2. The highest BCUT2D eigenvalue weighted by molar-refractivity contribution is 7.14. The van der Waals surface area contributed by atoms with Crippen molar-refractivity contribution in [1.29, 1.82) is 0 Å². The third-order valence-corrected chi connectivity index (χ3v) is 4.48. The molecule has 1 amide bonds. The molecule has 0 fully saturated rings. The lowest BCUT2D eigenvalue weighted by molar-refractivity contribution is -0.137. The van der Waals surface area contributed by atoms with Crippen LogP contribution in [0.25, 0.3) is 0 Å². The fourth-order valence-electron chi connectivity index (χ4n) is 2.33. The van der Waals surface area contributed by atoms with E-state index in [9.17, 15) is 22.8 Å². The Morgan fingerprint density at radius 2 is 2.03 bits per heavy atom. The molecule has 0 spiro atoms. The van der Waals surface area contributed by atoms with Crippen molar-refractivity contribution >= 4 is 34.0 Å². The van der Waals surface area contributed by atoms with Crippen LogP contribution in [0.3, 0.4) is 0 Å². The molecule has 2 aromatic heterocycles. The molecule has 0 radical (unpaired) electrons. The zero-order valence-electron chi connectivity index (χ0n) is 14.9. The number of thiazole rings is 1. The predicted octanol–water partition coefficient (Wildman–Crippen LogP) is 3.99. The Morgan fingerprint density at radius 1 is 1.24 bits per heavy atom. The lowest BCUT2D eigenvalue weighted by atomic mass is 10.2. The minimum atomic E-state index is -4.54. The van der Waals surface area contributed by atoms with E-state index in [-0.39, 0.29) is 23.1 Å². The zero-order valence-corrected chi connectivity index (χ0v) is 15.7. The third-order valence-electron chi connectivity index (χ3n) is 3.60. The second-order valence-corrected chi connectivity index (χ2v) is 6.53. The van der Waals surface area contributed by atoms with Crippen molar-refractivity contribution in [3.05, 3.63) is 65.2 Å². The molecule has 7 nitrogen and oxygen atoms in total. The second kappa shape index (κ2) is 8.35. The highest BCUT2D eigenvalue weighted by Crippen LogP contribution is 2.35. The van der Waals surface area contributed by atoms with Crippen molar-refractivity contribution in [1.82, 2.24) is 15.0 Å². The summed E-state index contributed by atoms with van der Waals surface area (Å²) >= 11 is 1.04. The van der Waals surface area contributed by atoms with E-state index in [0.717, 1.165) is 28.4 Å². The van der Waals surface area contributed by atoms with Gasteiger partial charge in [0.15, 0.2) is 10.8 Å². The summed E-state index contributed by atoms with van der Waals surface area (Å²) < 4.78 is 44.0. The monoisotopic (exact) mass is 422 g/mol. The van der Waals surface area contributed by atoms with E-state index in [1.54, 1.807) is 5.38 Å². The van der Waals surface area contributed by atoms with E-state index in [4.69, 9.17) is 4.74 Å². The first-order valence-electron chi connectivity index (χ1n) is 8.11. The lowest BCUT2D eigenvalue weighted by Gasteiger charge is -2.19. The average Bonchev–Trinajstić information content (AvgIpc) is 3.14. The number of hydrogen-bond donors (Lipinski definition) is 0. The molecular weight excluding hydrogens is 409 g/mol. The maximum atomic E-state index is 13.0. The van der Waals surface area contributed by atoms with Crippen LogP contribution in [0.2, 0.25) is 0 Å². The van der Waals surface area contributed by atoms with Crippen LogP contribution < -0.4 is 4.90 Å². The largest absolute Gasteiger partial charge is 0.454 e. The fourth-order valence-corrected chi connectivity index (χ4v) is 3.20. The number of carbonyl (C=O) groups is 2. The zero-order chi connectivity index (χ0) is 21.0. The molecule has 2 heterocycles. The molecule has 0 aliphatic rings. The Hall–Kier alpha value is -3.34. The quantitative estimate of drug-likeness (QED) is 0.578. The van der Waals surface area contributed by atoms with Crippen LogP contribution in [0.5, 0.6) is 0 Å². The first-order valence-corrected chi connectivity index (χ1v) is 8.99. The summed E-state index contributed by atoms with van der Waals surface area (Å²) in [6.45, 7) is 1.02. The number of ether oxygens (including phenoxy) is 1. The summed E-state index contributed by atoms with van der Waals surface area (Å²) in [5, 5.41) is 1.70. The molecule has 0 N–H and O–H groups in total. The van der Waals surface area contributed by atoms with Gasteiger partial charge in [-0.3, -0.25) is 14.7 Å². The minimum Gasteiger partial charge on any atom is -0.454 e. The van der Waals surface area contributed by atoms with Gasteiger partial charge in [-0.05, 0) is 18.2 Å². The van der Waals surface area contributed by atoms with Crippen molar-refractivity contribution in [2.75, 3.05) is 4.90 Å². The van der Waals surface area contributed by atoms with Gasteiger partial charge in [-0.1, -0.05) is 6.07 Å². The number of amides is 1. The molecule has 11 heteroatoms. The fraction of sp³-hybridized carbons (Fsp3) is 0.167. The molecule has 0 atom stereocenters. The van der Waals surface area contributed by atoms with E-state index in [2.05, 4.69) is 15.0 Å². The topological polar surface area (TPSA) is 85.3 Å². The van der Waals surface area contributed by atoms with Gasteiger partial charge >= 0.3 is 12.1 Å². The number of rotatable bonds is 5. The van der Waals surface area contributed by atoms with E-state index >= 15 is 0 Å². The highest BCUT2D eigenvalue weighted by atomic mass is 32.1. The molecule has 0 saturated heterocycles. The number of esters is 1. The summed E-state index contributed by atoms with van der Waals surface area (Å²) in [7, 11) is 0. The number of alkyl halides is 3. The van der Waals surface area contributed by atoms with E-state index < -0.39 is 23.6 Å². The van der Waals surface area contributed by atoms with Crippen molar-refractivity contribution in [2.45, 2.75) is 19.7 Å². The third kappa shape index (κ3) is 4.93. The molecule has 29 heavy (non-hydrogen) atoms. The first-order chi connectivity index (χ1) is 13.8. The van der Waals surface area contributed by atoms with Crippen LogP contribution in [0.1, 0.15) is 28.7 Å². The van der Waals surface area contributed by atoms with Crippen LogP contribution in [-0.4, -0.2) is 26.8 Å². The van der Waals surface area contributed by atoms with E-state index in [1.165, 1.54) is 37.6 Å². The molecule has 3 aromatic rings. The normalized spacial score (nSPS) is 11.2. The Bertz CT molecular complexity index is 1020. The highest BCUT2D eigenvalue weighted by Gasteiger charge is 2.31. The van der Waals surface area contributed by atoms with Crippen molar-refractivity contribution < 1.29 is 27.5 Å². The van der Waals surface area contributed by atoms with Crippen molar-refractivity contribution in [3.63, 3.8) is 0 Å². The number of hydrogen-bond acceptors (Lipinski definition) is 7. The molecule has 0 aliphatic carbocycles. The van der Waals surface area contributed by atoms with Gasteiger partial charge in [0, 0.05) is 24.7 Å². The average molecular weight is 422 g/mol. The number of halogens is 3. The summed E-state index contributed by atoms with van der Waals surface area (Å²) in [5.74, 6) is -1.21. The van der Waals surface area contributed by atoms with Crippen LogP contribution in [0, 0.1) is 0 Å². The summed E-state index contributed by atoms with van der Waals surface area (Å²) in [6.07, 6.45) is -0.536. The SMILES string of the molecule is CC(=O)N(c1cccc(C(F)(F)F)c1)c1nc(COC(=O)c2cnccn2)cs1. The summed E-state index contributed by atoms with van der Waals surface area (Å²) in [6, 6.07) is 4.38. The van der Waals surface area contributed by atoms with Crippen LogP contribution >= 0.6 is 11.3 Å². The maximum Gasteiger partial charge on any atom is 0.416 e. The molecule has 0 bridgehead atoms. The molecule has 150 valence electrons. The predicted molar refractivity (Wildman–Crippen MR) is 97.5 cm³/mol. The van der Waals surface area contributed by atoms with Crippen LogP contribution in [0.4, 0.5) is 24.0 Å². The van der Waals surface area contributed by atoms with Gasteiger partial charge in [-0.25, -0.2) is 14.8 Å². The van der Waals surface area contributed by atoms with Gasteiger partial charge in [0.25, 0.3) is 0 Å². The minimum absolute atomic E-state index is 0.0253. The van der Waals surface area contributed by atoms with Gasteiger partial charge < -0.3 is 4.74 Å². The lowest BCUT2D eigenvalue weighted by Crippen LogP contribution is -2.23. The maximum absolute atomic E-state index is 13.0. The Kier molecular flexibility index (Phi) is 5.87. The van der Waals surface area contributed by atoms with Crippen LogP contribution in [0.15, 0.2) is 48.2 Å². The van der Waals surface area contributed by atoms with E-state index in [1.807, 2.05) is 0 Å². The van der Waals surface area contributed by atoms with Crippen molar-refractivity contribution in [2.24, 2.45) is 0 Å². The van der Waals surface area contributed by atoms with Gasteiger partial charge in [-0.2, -0.15) is 13.2 Å². The smallest absolute Gasteiger partial charge is 0.416 e. The number of benzene rings is 1. The van der Waals surface area contributed by atoms with Gasteiger partial charge in [0.2, 0.25) is 5.91 Å². The Morgan fingerprint density at radius 3 is 2.69 bits per heavy atom. The molecule has 3 rings (SSSR count). The standard InChI is InChI=1S/C18H13F3N4O3S/c1-11(26)25(14-4-2-3-12(7-14)18(19,20)21)17-24-13(10-29-17)9-28-16(27)15-8-22-5-6-23-15/h2-8,10H,9H2,1H3. The van der Waals surface area contributed by atoms with Crippen molar-refractivity contribution in [3.8, 4) is 0 Å². The Balaban J connectivity index is 1.78. The number of nitrogens with zero attached hydrogens (tertiary/aromatic N) is 4. The number of anilines is 2. The molecule has 0 aliphatic heterocycles. The summed E-state index contributed by atoms with van der Waals surface area (Å²) in [4.78, 5) is 36.8.